The molecule has 0 unspecified atom stereocenters. The van der Waals surface area contributed by atoms with E-state index in [4.69, 9.17) is 5.26 Å². The molecule has 0 aromatic heterocycles. The Kier molecular flexibility index (Phi) is 3.71. The third-order valence-corrected chi connectivity index (χ3v) is 4.14. The molecule has 1 atom stereocenters. The Balaban J connectivity index is 2.15. The van der Waals surface area contributed by atoms with Crippen molar-refractivity contribution in [1.29, 1.82) is 5.26 Å². The van der Waals surface area contributed by atoms with Crippen molar-refractivity contribution in [3.8, 4) is 6.07 Å². The maximum absolute atomic E-state index is 12.4. The predicted molar refractivity (Wildman–Crippen MR) is 79.4 cm³/mol. The highest BCUT2D eigenvalue weighted by atomic mass is 16.2. The van der Waals surface area contributed by atoms with Crippen molar-refractivity contribution in [2.75, 3.05) is 18.5 Å². The number of carbonyl (C=O) groups is 1. The van der Waals surface area contributed by atoms with Crippen molar-refractivity contribution < 1.29 is 4.79 Å². The Hall–Kier alpha value is -2.02. The number of nitrogens with zero attached hydrogens (tertiary/aromatic N) is 3. The Labute approximate surface area is 120 Å². The summed E-state index contributed by atoms with van der Waals surface area (Å²) >= 11 is 0. The van der Waals surface area contributed by atoms with Crippen molar-refractivity contribution in [3.05, 3.63) is 29.8 Å². The highest BCUT2D eigenvalue weighted by molar-refractivity contribution is 5.83. The average molecular weight is 271 g/mol. The van der Waals surface area contributed by atoms with Crippen LogP contribution in [0.2, 0.25) is 0 Å². The second-order valence-corrected chi connectivity index (χ2v) is 5.93. The number of para-hydroxylation sites is 1. The van der Waals surface area contributed by atoms with Crippen LogP contribution in [0.15, 0.2) is 24.3 Å². The molecule has 0 N–H and O–H groups in total. The first-order chi connectivity index (χ1) is 9.36. The fourth-order valence-electron chi connectivity index (χ4n) is 2.51. The molecule has 1 amide bonds. The van der Waals surface area contributed by atoms with Gasteiger partial charge in [0.05, 0.1) is 12.6 Å². The number of anilines is 1. The van der Waals surface area contributed by atoms with Gasteiger partial charge in [-0.05, 0) is 38.8 Å². The molecule has 1 aromatic rings. The number of likely N-dealkylation sites (N-methyl/N-ethyl adjacent to an activating group) is 1. The van der Waals surface area contributed by atoms with Gasteiger partial charge in [0.25, 0.3) is 0 Å². The van der Waals surface area contributed by atoms with Crippen LogP contribution in [0.3, 0.4) is 0 Å². The van der Waals surface area contributed by atoms with Gasteiger partial charge in [0.2, 0.25) is 5.91 Å². The predicted octanol–water partition coefficient (Wildman–Crippen LogP) is 2.20. The van der Waals surface area contributed by atoms with Gasteiger partial charge >= 0.3 is 0 Å². The minimum Gasteiger partial charge on any atom is -0.359 e. The number of benzene rings is 1. The molecule has 0 spiro atoms. The summed E-state index contributed by atoms with van der Waals surface area (Å²) in [5, 5.41) is 9.13. The van der Waals surface area contributed by atoms with Gasteiger partial charge in [-0.2, -0.15) is 5.26 Å². The Bertz CT molecular complexity index is 559. The molecular formula is C16H21N3O. The molecule has 106 valence electrons. The van der Waals surface area contributed by atoms with Crippen molar-refractivity contribution in [1.82, 2.24) is 4.90 Å². The van der Waals surface area contributed by atoms with E-state index in [1.165, 1.54) is 10.5 Å². The van der Waals surface area contributed by atoms with E-state index >= 15 is 0 Å². The minimum atomic E-state index is -0.778. The van der Waals surface area contributed by atoms with E-state index in [2.05, 4.69) is 30.0 Å². The lowest BCUT2D eigenvalue weighted by molar-refractivity contribution is -0.131. The van der Waals surface area contributed by atoms with Gasteiger partial charge in [0, 0.05) is 18.8 Å². The van der Waals surface area contributed by atoms with E-state index in [0.29, 0.717) is 12.6 Å². The summed E-state index contributed by atoms with van der Waals surface area (Å²) in [6.07, 6.45) is 0.967. The summed E-state index contributed by atoms with van der Waals surface area (Å²) in [5.74, 6) is -0.0277. The minimum absolute atomic E-state index is 0.0277. The molecule has 2 rings (SSSR count). The number of rotatable bonds is 3. The van der Waals surface area contributed by atoms with Crippen LogP contribution >= 0.6 is 0 Å². The molecule has 0 radical (unpaired) electrons. The molecular weight excluding hydrogens is 250 g/mol. The molecule has 4 heteroatoms. The van der Waals surface area contributed by atoms with Crippen LogP contribution in [0, 0.1) is 11.3 Å². The fraction of sp³-hybridized carbons (Fsp3) is 0.500. The topological polar surface area (TPSA) is 47.3 Å². The smallest absolute Gasteiger partial charge is 0.243 e. The molecule has 1 aliphatic rings. The molecule has 1 aromatic carbocycles. The Morgan fingerprint density at radius 2 is 2.15 bits per heavy atom. The van der Waals surface area contributed by atoms with Gasteiger partial charge < -0.3 is 9.80 Å². The van der Waals surface area contributed by atoms with Crippen LogP contribution in [-0.4, -0.2) is 36.0 Å². The molecule has 0 fully saturated rings. The molecule has 4 nitrogen and oxygen atoms in total. The Morgan fingerprint density at radius 1 is 1.50 bits per heavy atom. The van der Waals surface area contributed by atoms with Crippen LogP contribution < -0.4 is 4.90 Å². The van der Waals surface area contributed by atoms with Crippen LogP contribution in [0.5, 0.6) is 0 Å². The lowest BCUT2D eigenvalue weighted by atomic mass is 10.1. The Morgan fingerprint density at radius 3 is 2.80 bits per heavy atom. The zero-order chi connectivity index (χ0) is 14.9. The summed E-state index contributed by atoms with van der Waals surface area (Å²) in [7, 11) is 1.69. The fourth-order valence-corrected chi connectivity index (χ4v) is 2.51. The number of carbonyl (C=O) groups excluding carboxylic acids is 1. The third kappa shape index (κ3) is 2.49. The maximum Gasteiger partial charge on any atom is 0.243 e. The monoisotopic (exact) mass is 271 g/mol. The molecule has 0 aliphatic carbocycles. The van der Waals surface area contributed by atoms with Crippen molar-refractivity contribution in [2.24, 2.45) is 0 Å². The molecule has 20 heavy (non-hydrogen) atoms. The second kappa shape index (κ2) is 5.16. The summed E-state index contributed by atoms with van der Waals surface area (Å²) in [4.78, 5) is 16.0. The summed E-state index contributed by atoms with van der Waals surface area (Å²) < 4.78 is 0. The van der Waals surface area contributed by atoms with E-state index in [0.717, 1.165) is 12.1 Å². The number of amides is 1. The molecule has 0 saturated carbocycles. The van der Waals surface area contributed by atoms with E-state index in [1.54, 1.807) is 20.9 Å². The SMILES string of the molecule is C[C@H]1Cc2ccccc2N1CC(=O)N(C)C(C)(C)C#N. The quantitative estimate of drug-likeness (QED) is 0.846. The van der Waals surface area contributed by atoms with Gasteiger partial charge in [0.15, 0.2) is 0 Å². The largest absolute Gasteiger partial charge is 0.359 e. The summed E-state index contributed by atoms with van der Waals surface area (Å²) in [5.41, 5.74) is 1.64. The van der Waals surface area contributed by atoms with Crippen LogP contribution in [0.4, 0.5) is 5.69 Å². The van der Waals surface area contributed by atoms with Crippen molar-refractivity contribution in [2.45, 2.75) is 38.8 Å². The van der Waals surface area contributed by atoms with Gasteiger partial charge in [-0.1, -0.05) is 18.2 Å². The van der Waals surface area contributed by atoms with Gasteiger partial charge in [0.1, 0.15) is 5.54 Å². The van der Waals surface area contributed by atoms with Gasteiger partial charge in [-0.25, -0.2) is 0 Å². The third-order valence-electron chi connectivity index (χ3n) is 4.14. The molecule has 1 heterocycles. The first-order valence-electron chi connectivity index (χ1n) is 6.89. The van der Waals surface area contributed by atoms with Crippen LogP contribution in [0.1, 0.15) is 26.3 Å². The zero-order valence-electron chi connectivity index (χ0n) is 12.6. The number of hydrogen-bond acceptors (Lipinski definition) is 3. The maximum atomic E-state index is 12.4. The van der Waals surface area contributed by atoms with Gasteiger partial charge in [-0.3, -0.25) is 4.79 Å². The van der Waals surface area contributed by atoms with Gasteiger partial charge in [-0.15, -0.1) is 0 Å². The number of hydrogen-bond donors (Lipinski definition) is 0. The first kappa shape index (κ1) is 14.4. The van der Waals surface area contributed by atoms with E-state index < -0.39 is 5.54 Å². The van der Waals surface area contributed by atoms with Crippen LogP contribution in [-0.2, 0) is 11.2 Å². The molecule has 1 aliphatic heterocycles. The lowest BCUT2D eigenvalue weighted by Gasteiger charge is -2.32. The van der Waals surface area contributed by atoms with Crippen LogP contribution in [0.25, 0.3) is 0 Å². The summed E-state index contributed by atoms with van der Waals surface area (Å²) in [6, 6.07) is 10.7. The lowest BCUT2D eigenvalue weighted by Crippen LogP contribution is -2.49. The highest BCUT2D eigenvalue weighted by Crippen LogP contribution is 2.31. The highest BCUT2D eigenvalue weighted by Gasteiger charge is 2.32. The second-order valence-electron chi connectivity index (χ2n) is 5.93. The van der Waals surface area contributed by atoms with E-state index in [1.807, 2.05) is 12.1 Å². The van der Waals surface area contributed by atoms with Crippen molar-refractivity contribution >= 4 is 11.6 Å². The normalized spacial score (nSPS) is 17.6. The van der Waals surface area contributed by atoms with E-state index in [9.17, 15) is 4.79 Å². The number of fused-ring (bicyclic) bond motifs is 1. The first-order valence-corrected chi connectivity index (χ1v) is 6.89. The molecule has 0 saturated heterocycles. The average Bonchev–Trinajstić information content (AvgIpc) is 2.74. The zero-order valence-corrected chi connectivity index (χ0v) is 12.6. The molecule has 0 bridgehead atoms. The summed E-state index contributed by atoms with van der Waals surface area (Å²) in [6.45, 7) is 5.96. The number of nitriles is 1. The van der Waals surface area contributed by atoms with Crippen molar-refractivity contribution in [3.63, 3.8) is 0 Å². The van der Waals surface area contributed by atoms with E-state index in [-0.39, 0.29) is 5.91 Å². The standard InChI is InChI=1S/C16H21N3O/c1-12-9-13-7-5-6-8-14(13)19(12)10-15(20)18(4)16(2,3)11-17/h5-8,12H,9-10H2,1-4H3/t12-/m0/s1.